The normalized spacial score (nSPS) is 15.6. The van der Waals surface area contributed by atoms with Crippen molar-refractivity contribution in [3.8, 4) is 0 Å². The summed E-state index contributed by atoms with van der Waals surface area (Å²) in [5.41, 5.74) is 3.04. The van der Waals surface area contributed by atoms with Gasteiger partial charge in [0.1, 0.15) is 0 Å². The van der Waals surface area contributed by atoms with Crippen LogP contribution in [0.3, 0.4) is 0 Å². The average Bonchev–Trinajstić information content (AvgIpc) is 2.35. The van der Waals surface area contributed by atoms with Crippen molar-refractivity contribution < 1.29 is 18.0 Å². The van der Waals surface area contributed by atoms with E-state index in [0.717, 1.165) is 16.0 Å². The van der Waals surface area contributed by atoms with Crippen molar-refractivity contribution in [2.45, 2.75) is 38.9 Å². The van der Waals surface area contributed by atoms with Gasteiger partial charge in [0.05, 0.1) is 0 Å². The van der Waals surface area contributed by atoms with Gasteiger partial charge in [-0.05, 0) is 29.0 Å². The van der Waals surface area contributed by atoms with Crippen LogP contribution in [0, 0.1) is 0 Å². The van der Waals surface area contributed by atoms with Gasteiger partial charge in [-0.1, -0.05) is 32.0 Å². The lowest BCUT2D eigenvalue weighted by atomic mass is 9.93. The largest absolute Gasteiger partial charge is 0.471 e. The van der Waals surface area contributed by atoms with E-state index in [4.69, 9.17) is 0 Å². The second kappa shape index (κ2) is 4.87. The van der Waals surface area contributed by atoms with Crippen LogP contribution in [0.4, 0.5) is 13.2 Å². The Bertz CT molecular complexity index is 494. The Balaban J connectivity index is 2.19. The van der Waals surface area contributed by atoms with Gasteiger partial charge >= 0.3 is 12.1 Å². The minimum Gasteiger partial charge on any atom is -0.330 e. The molecule has 1 aromatic carbocycles. The molecule has 0 fully saturated rings. The van der Waals surface area contributed by atoms with Gasteiger partial charge in [-0.15, -0.1) is 0 Å². The van der Waals surface area contributed by atoms with Gasteiger partial charge in [-0.25, -0.2) is 0 Å². The summed E-state index contributed by atoms with van der Waals surface area (Å²) in [7, 11) is 0. The Kier molecular flexibility index (Phi) is 3.56. The molecule has 0 aromatic heterocycles. The topological polar surface area (TPSA) is 20.3 Å². The zero-order valence-corrected chi connectivity index (χ0v) is 10.9. The Hall–Kier alpha value is -1.52. The molecule has 5 heteroatoms. The molecular weight excluding hydrogens is 255 g/mol. The van der Waals surface area contributed by atoms with Gasteiger partial charge in [-0.2, -0.15) is 13.2 Å². The molecule has 1 amide bonds. The van der Waals surface area contributed by atoms with Crippen molar-refractivity contribution in [2.75, 3.05) is 6.54 Å². The van der Waals surface area contributed by atoms with Crippen molar-refractivity contribution >= 4 is 5.91 Å². The van der Waals surface area contributed by atoms with Crippen molar-refractivity contribution in [2.24, 2.45) is 0 Å². The van der Waals surface area contributed by atoms with Gasteiger partial charge in [-0.3, -0.25) is 4.79 Å². The van der Waals surface area contributed by atoms with Crippen LogP contribution in [0.15, 0.2) is 18.2 Å². The first-order chi connectivity index (χ1) is 8.79. The number of amides is 1. The van der Waals surface area contributed by atoms with Gasteiger partial charge in [0, 0.05) is 13.1 Å². The summed E-state index contributed by atoms with van der Waals surface area (Å²) in [6, 6.07) is 5.79. The number of rotatable bonds is 1. The molecule has 0 saturated heterocycles. The quantitative estimate of drug-likeness (QED) is 0.767. The third-order valence-corrected chi connectivity index (χ3v) is 3.44. The monoisotopic (exact) mass is 271 g/mol. The van der Waals surface area contributed by atoms with Crippen LogP contribution >= 0.6 is 0 Å². The second-order valence-corrected chi connectivity index (χ2v) is 5.16. The number of hydrogen-bond acceptors (Lipinski definition) is 1. The van der Waals surface area contributed by atoms with E-state index < -0.39 is 12.1 Å². The van der Waals surface area contributed by atoms with Crippen molar-refractivity contribution in [3.63, 3.8) is 0 Å². The highest BCUT2D eigenvalue weighted by Gasteiger charge is 2.43. The minimum absolute atomic E-state index is 0.0477. The van der Waals surface area contributed by atoms with E-state index >= 15 is 0 Å². The van der Waals surface area contributed by atoms with Crippen LogP contribution < -0.4 is 0 Å². The summed E-state index contributed by atoms with van der Waals surface area (Å²) in [5, 5.41) is 0. The molecule has 0 atom stereocenters. The lowest BCUT2D eigenvalue weighted by molar-refractivity contribution is -0.186. The number of hydrogen-bond donors (Lipinski definition) is 0. The molecular formula is C14H16F3NO. The van der Waals surface area contributed by atoms with Crippen molar-refractivity contribution in [1.82, 2.24) is 4.90 Å². The number of benzene rings is 1. The second-order valence-electron chi connectivity index (χ2n) is 5.16. The zero-order chi connectivity index (χ0) is 14.2. The summed E-state index contributed by atoms with van der Waals surface area (Å²) in [5.74, 6) is -1.36. The number of carbonyl (C=O) groups is 1. The zero-order valence-electron chi connectivity index (χ0n) is 10.9. The van der Waals surface area contributed by atoms with E-state index in [1.807, 2.05) is 18.2 Å². The van der Waals surface area contributed by atoms with Gasteiger partial charge < -0.3 is 4.90 Å². The van der Waals surface area contributed by atoms with Crippen LogP contribution in [0.1, 0.15) is 36.5 Å². The summed E-state index contributed by atoms with van der Waals surface area (Å²) in [6.07, 6.45) is -4.30. The molecule has 0 bridgehead atoms. The number of fused-ring (bicyclic) bond motifs is 1. The molecule has 2 nitrogen and oxygen atoms in total. The number of halogens is 3. The molecule has 0 aliphatic carbocycles. The number of nitrogens with zero attached hydrogens (tertiary/aromatic N) is 1. The van der Waals surface area contributed by atoms with Crippen LogP contribution in [-0.2, 0) is 17.8 Å². The van der Waals surface area contributed by atoms with Crippen LogP contribution in [0.25, 0.3) is 0 Å². The lowest BCUT2D eigenvalue weighted by Crippen LogP contribution is -2.43. The first-order valence-electron chi connectivity index (χ1n) is 6.27. The molecule has 1 aliphatic heterocycles. The van der Waals surface area contributed by atoms with Crippen LogP contribution in [0.5, 0.6) is 0 Å². The SMILES string of the molecule is CC(C)c1ccc2c(c1)CCN(C(=O)C(F)(F)F)C2. The van der Waals surface area contributed by atoms with Gasteiger partial charge in [0.2, 0.25) is 0 Å². The summed E-state index contributed by atoms with van der Waals surface area (Å²) in [4.78, 5) is 12.1. The highest BCUT2D eigenvalue weighted by Crippen LogP contribution is 2.27. The molecule has 104 valence electrons. The number of carbonyl (C=O) groups excluding carboxylic acids is 1. The summed E-state index contributed by atoms with van der Waals surface area (Å²) < 4.78 is 37.2. The molecule has 19 heavy (non-hydrogen) atoms. The number of alkyl halides is 3. The Morgan fingerprint density at radius 2 is 1.95 bits per heavy atom. The smallest absolute Gasteiger partial charge is 0.330 e. The highest BCUT2D eigenvalue weighted by atomic mass is 19.4. The lowest BCUT2D eigenvalue weighted by Gasteiger charge is -2.30. The molecule has 2 rings (SSSR count). The highest BCUT2D eigenvalue weighted by molar-refractivity contribution is 5.82. The molecule has 1 aliphatic rings. The third kappa shape index (κ3) is 2.91. The first kappa shape index (κ1) is 13.9. The maximum Gasteiger partial charge on any atom is 0.471 e. The van der Waals surface area contributed by atoms with Gasteiger partial charge in [0.15, 0.2) is 0 Å². The molecule has 1 heterocycles. The fourth-order valence-corrected chi connectivity index (χ4v) is 2.28. The van der Waals surface area contributed by atoms with E-state index in [1.54, 1.807) is 0 Å². The van der Waals surface area contributed by atoms with E-state index in [1.165, 1.54) is 5.56 Å². The molecule has 0 radical (unpaired) electrons. The third-order valence-electron chi connectivity index (χ3n) is 3.44. The maximum atomic E-state index is 12.4. The molecule has 0 N–H and O–H groups in total. The minimum atomic E-state index is -4.78. The standard InChI is InChI=1S/C14H16F3NO/c1-9(2)10-3-4-12-8-18(6-5-11(12)7-10)13(19)14(15,16)17/h3-4,7,9H,5-6,8H2,1-2H3. The van der Waals surface area contributed by atoms with E-state index in [-0.39, 0.29) is 13.1 Å². The average molecular weight is 271 g/mol. The molecule has 0 saturated carbocycles. The Morgan fingerprint density at radius 3 is 2.53 bits per heavy atom. The van der Waals surface area contributed by atoms with Crippen molar-refractivity contribution in [3.05, 3.63) is 34.9 Å². The summed E-state index contributed by atoms with van der Waals surface area (Å²) >= 11 is 0. The maximum absolute atomic E-state index is 12.4. The fourth-order valence-electron chi connectivity index (χ4n) is 2.28. The summed E-state index contributed by atoms with van der Waals surface area (Å²) in [6.45, 7) is 4.33. The predicted molar refractivity (Wildman–Crippen MR) is 65.7 cm³/mol. The van der Waals surface area contributed by atoms with Crippen LogP contribution in [-0.4, -0.2) is 23.5 Å². The fraction of sp³-hybridized carbons (Fsp3) is 0.500. The molecule has 0 unspecified atom stereocenters. The van der Waals surface area contributed by atoms with Crippen molar-refractivity contribution in [1.29, 1.82) is 0 Å². The van der Waals surface area contributed by atoms with Gasteiger partial charge in [0.25, 0.3) is 0 Å². The van der Waals surface area contributed by atoms with E-state index in [0.29, 0.717) is 12.3 Å². The Morgan fingerprint density at radius 1 is 1.26 bits per heavy atom. The van der Waals surface area contributed by atoms with Crippen LogP contribution in [0.2, 0.25) is 0 Å². The Labute approximate surface area is 110 Å². The molecule has 0 spiro atoms. The first-order valence-corrected chi connectivity index (χ1v) is 6.27. The van der Waals surface area contributed by atoms with E-state index in [2.05, 4.69) is 13.8 Å². The van der Waals surface area contributed by atoms with E-state index in [9.17, 15) is 18.0 Å². The molecule has 1 aromatic rings. The predicted octanol–water partition coefficient (Wildman–Crippen LogP) is 3.26.